The fraction of sp³-hybridized carbons (Fsp3) is 0.500. The fourth-order valence-electron chi connectivity index (χ4n) is 1.96. The molecule has 1 fully saturated rings. The number of hydrogen-bond acceptors (Lipinski definition) is 3. The first-order valence-corrected chi connectivity index (χ1v) is 6.32. The normalized spacial score (nSPS) is 22.2. The summed E-state index contributed by atoms with van der Waals surface area (Å²) in [5, 5.41) is 0. The van der Waals surface area contributed by atoms with Crippen LogP contribution in [0.15, 0.2) is 22.7 Å². The van der Waals surface area contributed by atoms with Gasteiger partial charge in [0.15, 0.2) is 0 Å². The van der Waals surface area contributed by atoms with E-state index in [9.17, 15) is 0 Å². The van der Waals surface area contributed by atoms with E-state index in [-0.39, 0.29) is 0 Å². The maximum absolute atomic E-state index is 5.76. The second-order valence-corrected chi connectivity index (χ2v) is 5.13. The van der Waals surface area contributed by atoms with Gasteiger partial charge in [-0.15, -0.1) is 0 Å². The van der Waals surface area contributed by atoms with Crippen molar-refractivity contribution in [3.05, 3.63) is 28.2 Å². The zero-order valence-corrected chi connectivity index (χ0v) is 11.0. The van der Waals surface area contributed by atoms with Crippen molar-refractivity contribution in [1.29, 1.82) is 0 Å². The molecule has 1 heterocycles. The Morgan fingerprint density at radius 2 is 2.38 bits per heavy atom. The van der Waals surface area contributed by atoms with Crippen LogP contribution in [0.4, 0.5) is 5.69 Å². The lowest BCUT2D eigenvalue weighted by atomic mass is 10.2. The van der Waals surface area contributed by atoms with Gasteiger partial charge >= 0.3 is 0 Å². The van der Waals surface area contributed by atoms with Crippen LogP contribution >= 0.6 is 15.9 Å². The highest BCUT2D eigenvalue weighted by Crippen LogP contribution is 2.21. The van der Waals surface area contributed by atoms with Gasteiger partial charge in [0, 0.05) is 29.8 Å². The molecule has 2 N–H and O–H groups in total. The lowest BCUT2D eigenvalue weighted by Gasteiger charge is -2.31. The van der Waals surface area contributed by atoms with E-state index in [1.54, 1.807) is 0 Å². The highest BCUT2D eigenvalue weighted by molar-refractivity contribution is 9.10. The van der Waals surface area contributed by atoms with Crippen molar-refractivity contribution in [2.45, 2.75) is 19.6 Å². The van der Waals surface area contributed by atoms with E-state index in [1.807, 2.05) is 6.07 Å². The molecule has 3 nitrogen and oxygen atoms in total. The van der Waals surface area contributed by atoms with Gasteiger partial charge in [0.05, 0.1) is 12.7 Å². The van der Waals surface area contributed by atoms with Crippen LogP contribution in [0.2, 0.25) is 0 Å². The summed E-state index contributed by atoms with van der Waals surface area (Å²) in [4.78, 5) is 2.41. The average molecular weight is 285 g/mol. The molecule has 0 amide bonds. The Bertz CT molecular complexity index is 370. The molecular formula is C12H17BrN2O. The number of morpholine rings is 1. The number of hydrogen-bond donors (Lipinski definition) is 1. The quantitative estimate of drug-likeness (QED) is 0.847. The monoisotopic (exact) mass is 284 g/mol. The molecule has 0 aliphatic carbocycles. The molecule has 2 rings (SSSR count). The number of rotatable bonds is 2. The molecule has 1 aromatic rings. The van der Waals surface area contributed by atoms with Gasteiger partial charge in [0.2, 0.25) is 0 Å². The van der Waals surface area contributed by atoms with E-state index in [4.69, 9.17) is 10.5 Å². The molecule has 88 valence electrons. The topological polar surface area (TPSA) is 38.5 Å². The number of nitrogen functional groups attached to an aromatic ring is 1. The number of halogens is 1. The van der Waals surface area contributed by atoms with Crippen LogP contribution in [0.1, 0.15) is 12.5 Å². The maximum Gasteiger partial charge on any atom is 0.0674 e. The van der Waals surface area contributed by atoms with E-state index in [0.717, 1.165) is 36.4 Å². The molecule has 1 atom stereocenters. The standard InChI is InChI=1S/C12H17BrN2O/c1-9-7-15(4-5-16-9)8-10-2-3-12(14)11(13)6-10/h2-3,6,9H,4-5,7-8,14H2,1H3. The predicted octanol–water partition coefficient (Wildman–Crippen LogP) is 2.25. The summed E-state index contributed by atoms with van der Waals surface area (Å²) < 4.78 is 6.50. The smallest absolute Gasteiger partial charge is 0.0674 e. The van der Waals surface area contributed by atoms with Crippen molar-refractivity contribution in [1.82, 2.24) is 4.90 Å². The third-order valence-electron chi connectivity index (χ3n) is 2.80. The van der Waals surface area contributed by atoms with E-state index in [2.05, 4.69) is 39.9 Å². The minimum Gasteiger partial charge on any atom is -0.398 e. The molecule has 0 spiro atoms. The van der Waals surface area contributed by atoms with Crippen molar-refractivity contribution in [2.24, 2.45) is 0 Å². The molecule has 0 bridgehead atoms. The van der Waals surface area contributed by atoms with Gasteiger partial charge in [0.25, 0.3) is 0 Å². The van der Waals surface area contributed by atoms with E-state index < -0.39 is 0 Å². The SMILES string of the molecule is CC1CN(Cc2ccc(N)c(Br)c2)CCO1. The number of benzene rings is 1. The summed E-state index contributed by atoms with van der Waals surface area (Å²) in [7, 11) is 0. The summed E-state index contributed by atoms with van der Waals surface area (Å²) in [5.41, 5.74) is 7.84. The highest BCUT2D eigenvalue weighted by atomic mass is 79.9. The molecule has 1 unspecified atom stereocenters. The lowest BCUT2D eigenvalue weighted by molar-refractivity contribution is -0.0212. The van der Waals surface area contributed by atoms with Crippen molar-refractivity contribution in [3.8, 4) is 0 Å². The van der Waals surface area contributed by atoms with Gasteiger partial charge in [-0.3, -0.25) is 4.90 Å². The minimum absolute atomic E-state index is 0.339. The largest absolute Gasteiger partial charge is 0.398 e. The summed E-state index contributed by atoms with van der Waals surface area (Å²) in [6.45, 7) is 5.92. The Balaban J connectivity index is 2.00. The molecule has 16 heavy (non-hydrogen) atoms. The third kappa shape index (κ3) is 2.97. The number of nitrogens with zero attached hydrogens (tertiary/aromatic N) is 1. The Morgan fingerprint density at radius 1 is 1.56 bits per heavy atom. The van der Waals surface area contributed by atoms with E-state index in [0.29, 0.717) is 6.10 Å². The van der Waals surface area contributed by atoms with Crippen LogP contribution in [0, 0.1) is 0 Å². The number of ether oxygens (including phenoxy) is 1. The first-order valence-electron chi connectivity index (χ1n) is 5.53. The van der Waals surface area contributed by atoms with Crippen molar-refractivity contribution < 1.29 is 4.74 Å². The molecule has 4 heteroatoms. The zero-order valence-electron chi connectivity index (χ0n) is 9.45. The number of anilines is 1. The van der Waals surface area contributed by atoms with Crippen LogP contribution in [-0.4, -0.2) is 30.7 Å². The zero-order chi connectivity index (χ0) is 11.5. The average Bonchev–Trinajstić information content (AvgIpc) is 2.24. The van der Waals surface area contributed by atoms with Crippen molar-refractivity contribution >= 4 is 21.6 Å². The van der Waals surface area contributed by atoms with Crippen LogP contribution in [0.3, 0.4) is 0 Å². The molecule has 1 aromatic carbocycles. The fourth-order valence-corrected chi connectivity index (χ4v) is 2.39. The Labute approximate surface area is 105 Å². The van der Waals surface area contributed by atoms with Crippen molar-refractivity contribution in [2.75, 3.05) is 25.4 Å². The summed E-state index contributed by atoms with van der Waals surface area (Å²) in [6, 6.07) is 6.12. The van der Waals surface area contributed by atoms with Gasteiger partial charge in [-0.25, -0.2) is 0 Å². The first-order chi connectivity index (χ1) is 7.65. The molecule has 1 saturated heterocycles. The van der Waals surface area contributed by atoms with E-state index in [1.165, 1.54) is 5.56 Å². The molecular weight excluding hydrogens is 268 g/mol. The summed E-state index contributed by atoms with van der Waals surface area (Å²) in [5.74, 6) is 0. The number of nitrogens with two attached hydrogens (primary N) is 1. The molecule has 0 saturated carbocycles. The predicted molar refractivity (Wildman–Crippen MR) is 69.2 cm³/mol. The molecule has 1 aliphatic rings. The van der Waals surface area contributed by atoms with Crippen LogP contribution < -0.4 is 5.73 Å². The minimum atomic E-state index is 0.339. The maximum atomic E-state index is 5.76. The Kier molecular flexibility index (Phi) is 3.84. The van der Waals surface area contributed by atoms with Gasteiger partial charge in [-0.1, -0.05) is 6.07 Å². The molecule has 0 aromatic heterocycles. The first kappa shape index (κ1) is 11.9. The van der Waals surface area contributed by atoms with Crippen LogP contribution in [-0.2, 0) is 11.3 Å². The van der Waals surface area contributed by atoms with Gasteiger partial charge in [-0.2, -0.15) is 0 Å². The van der Waals surface area contributed by atoms with Crippen LogP contribution in [0.5, 0.6) is 0 Å². The third-order valence-corrected chi connectivity index (χ3v) is 3.48. The van der Waals surface area contributed by atoms with Gasteiger partial charge < -0.3 is 10.5 Å². The Hall–Kier alpha value is -0.580. The molecule has 1 aliphatic heterocycles. The summed E-state index contributed by atoms with van der Waals surface area (Å²) >= 11 is 3.45. The molecule has 0 radical (unpaired) electrons. The summed E-state index contributed by atoms with van der Waals surface area (Å²) in [6.07, 6.45) is 0.339. The van der Waals surface area contributed by atoms with Crippen LogP contribution in [0.25, 0.3) is 0 Å². The lowest BCUT2D eigenvalue weighted by Crippen LogP contribution is -2.40. The second kappa shape index (κ2) is 5.17. The Morgan fingerprint density at radius 3 is 3.06 bits per heavy atom. The van der Waals surface area contributed by atoms with Gasteiger partial charge in [-0.05, 0) is 40.5 Å². The van der Waals surface area contributed by atoms with E-state index >= 15 is 0 Å². The van der Waals surface area contributed by atoms with Gasteiger partial charge in [0.1, 0.15) is 0 Å². The van der Waals surface area contributed by atoms with Crippen molar-refractivity contribution in [3.63, 3.8) is 0 Å². The highest BCUT2D eigenvalue weighted by Gasteiger charge is 2.16. The second-order valence-electron chi connectivity index (χ2n) is 4.27.